The van der Waals surface area contributed by atoms with Gasteiger partial charge in [0.05, 0.1) is 0 Å². The Morgan fingerprint density at radius 3 is 2.48 bits per heavy atom. The molecule has 1 heterocycles. The minimum Gasteiger partial charge on any atom is -0.207 e. The molecule has 106 valence electrons. The molecule has 0 unspecified atom stereocenters. The van der Waals surface area contributed by atoms with Crippen LogP contribution in [-0.4, -0.2) is 0 Å². The van der Waals surface area contributed by atoms with Crippen molar-refractivity contribution in [1.82, 2.24) is 0 Å². The number of halogens is 2. The Morgan fingerprint density at radius 1 is 1.00 bits per heavy atom. The topological polar surface area (TPSA) is 0 Å². The molecule has 3 aromatic rings. The first-order chi connectivity index (χ1) is 10.1. The summed E-state index contributed by atoms with van der Waals surface area (Å²) in [4.78, 5) is 2.52. The lowest BCUT2D eigenvalue weighted by Gasteiger charge is -2.02. The third kappa shape index (κ3) is 3.71. The molecule has 0 amide bonds. The molecule has 1 aromatic heterocycles. The zero-order valence-corrected chi connectivity index (χ0v) is 14.5. The van der Waals surface area contributed by atoms with E-state index in [2.05, 4.69) is 59.8 Å². The largest absolute Gasteiger partial charge is 0.207 e. The molecule has 3 heteroatoms. The summed E-state index contributed by atoms with van der Waals surface area (Å²) in [5.74, 6) is -0.190. The maximum absolute atomic E-state index is 13.0. The minimum absolute atomic E-state index is 0.190. The van der Waals surface area contributed by atoms with Crippen LogP contribution in [0.4, 0.5) is 4.39 Å². The molecule has 0 aliphatic heterocycles. The molecule has 0 aliphatic carbocycles. The van der Waals surface area contributed by atoms with Crippen molar-refractivity contribution >= 4 is 33.9 Å². The van der Waals surface area contributed by atoms with E-state index in [9.17, 15) is 4.39 Å². The van der Waals surface area contributed by atoms with Crippen LogP contribution in [0, 0.1) is 16.3 Å². The van der Waals surface area contributed by atoms with E-state index in [-0.39, 0.29) is 5.82 Å². The van der Waals surface area contributed by atoms with Gasteiger partial charge in [0.25, 0.3) is 0 Å². The first-order valence-corrected chi connectivity index (χ1v) is 8.60. The van der Waals surface area contributed by atoms with E-state index in [1.165, 1.54) is 36.6 Å². The number of rotatable bonds is 3. The van der Waals surface area contributed by atoms with Gasteiger partial charge < -0.3 is 0 Å². The third-order valence-electron chi connectivity index (χ3n) is 3.27. The lowest BCUT2D eigenvalue weighted by molar-refractivity contribution is 0.628. The molecular weight excluding hydrogens is 394 g/mol. The zero-order valence-electron chi connectivity index (χ0n) is 11.6. The monoisotopic (exact) mass is 408 g/mol. The van der Waals surface area contributed by atoms with Crippen molar-refractivity contribution in [1.29, 1.82) is 0 Å². The number of hydrogen-bond acceptors (Lipinski definition) is 1. The van der Waals surface area contributed by atoms with E-state index in [0.717, 1.165) is 12.0 Å². The van der Waals surface area contributed by atoms with Crippen molar-refractivity contribution < 1.29 is 4.39 Å². The van der Waals surface area contributed by atoms with Crippen LogP contribution >= 0.6 is 33.9 Å². The van der Waals surface area contributed by atoms with Crippen molar-refractivity contribution in [3.05, 3.63) is 80.0 Å². The fraction of sp³-hybridized carbons (Fsp3) is 0.111. The van der Waals surface area contributed by atoms with Crippen LogP contribution in [0.15, 0.2) is 54.6 Å². The summed E-state index contributed by atoms with van der Waals surface area (Å²) in [7, 11) is 0. The second kappa shape index (κ2) is 6.28. The smallest absolute Gasteiger partial charge is 0.123 e. The summed E-state index contributed by atoms with van der Waals surface area (Å²) in [5.41, 5.74) is 3.71. The molecule has 0 aliphatic rings. The summed E-state index contributed by atoms with van der Waals surface area (Å²) in [6.45, 7) is 2.13. The number of benzene rings is 2. The Balaban J connectivity index is 1.83. The second-order valence-corrected chi connectivity index (χ2v) is 7.50. The maximum Gasteiger partial charge on any atom is 0.123 e. The zero-order chi connectivity index (χ0) is 14.8. The Morgan fingerprint density at radius 2 is 1.76 bits per heavy atom. The van der Waals surface area contributed by atoms with Crippen molar-refractivity contribution in [2.45, 2.75) is 13.3 Å². The van der Waals surface area contributed by atoms with Crippen molar-refractivity contribution in [3.63, 3.8) is 0 Å². The highest BCUT2D eigenvalue weighted by Gasteiger charge is 2.05. The van der Waals surface area contributed by atoms with E-state index in [0.29, 0.717) is 0 Å². The molecule has 0 saturated heterocycles. The lowest BCUT2D eigenvalue weighted by atomic mass is 10.1. The predicted molar refractivity (Wildman–Crippen MR) is 96.4 cm³/mol. The number of hydrogen-bond donors (Lipinski definition) is 0. The standard InChI is InChI=1S/C18H14FIS/c1-12-8-13(10-16(20)9-12)11-17-6-7-18(21-17)14-2-4-15(19)5-3-14/h2-10H,11H2,1H3. The Bertz CT molecular complexity index is 739. The van der Waals surface area contributed by atoms with Gasteiger partial charge >= 0.3 is 0 Å². The van der Waals surface area contributed by atoms with Crippen molar-refractivity contribution in [2.75, 3.05) is 0 Å². The molecule has 0 atom stereocenters. The van der Waals surface area contributed by atoms with Crippen LogP contribution in [0.5, 0.6) is 0 Å². The second-order valence-electron chi connectivity index (χ2n) is 5.09. The van der Waals surface area contributed by atoms with Gasteiger partial charge in [-0.25, -0.2) is 4.39 Å². The fourth-order valence-electron chi connectivity index (χ4n) is 2.36. The molecule has 0 saturated carbocycles. The molecule has 0 fully saturated rings. The molecule has 0 N–H and O–H groups in total. The number of thiophene rings is 1. The lowest BCUT2D eigenvalue weighted by Crippen LogP contribution is -1.87. The SMILES string of the molecule is Cc1cc(I)cc(Cc2ccc(-c3ccc(F)cc3)s2)c1. The molecule has 0 radical (unpaired) electrons. The highest BCUT2D eigenvalue weighted by atomic mass is 127. The Hall–Kier alpha value is -1.20. The highest BCUT2D eigenvalue weighted by molar-refractivity contribution is 14.1. The van der Waals surface area contributed by atoms with E-state index < -0.39 is 0 Å². The predicted octanol–water partition coefficient (Wildman–Crippen LogP) is 6.06. The molecule has 3 rings (SSSR count). The number of aryl methyl sites for hydroxylation is 1. The van der Waals surface area contributed by atoms with Crippen LogP contribution in [0.1, 0.15) is 16.0 Å². The summed E-state index contributed by atoms with van der Waals surface area (Å²) in [6, 6.07) is 17.6. The van der Waals surface area contributed by atoms with E-state index in [1.807, 2.05) is 12.1 Å². The third-order valence-corrected chi connectivity index (χ3v) is 5.03. The van der Waals surface area contributed by atoms with Crippen LogP contribution in [0.25, 0.3) is 10.4 Å². The Kier molecular flexibility index (Phi) is 4.40. The van der Waals surface area contributed by atoms with Crippen LogP contribution < -0.4 is 0 Å². The average Bonchev–Trinajstić information content (AvgIpc) is 2.87. The molecule has 2 aromatic carbocycles. The van der Waals surface area contributed by atoms with E-state index in [1.54, 1.807) is 11.3 Å². The minimum atomic E-state index is -0.190. The highest BCUT2D eigenvalue weighted by Crippen LogP contribution is 2.30. The first kappa shape index (κ1) is 14.7. The molecule has 21 heavy (non-hydrogen) atoms. The van der Waals surface area contributed by atoms with E-state index >= 15 is 0 Å². The molecule has 0 spiro atoms. The molecular formula is C18H14FIS. The molecule has 0 nitrogen and oxygen atoms in total. The van der Waals surface area contributed by atoms with Gasteiger partial charge in [-0.2, -0.15) is 0 Å². The summed E-state index contributed by atoms with van der Waals surface area (Å²) >= 11 is 4.13. The van der Waals surface area contributed by atoms with Gasteiger partial charge in [0, 0.05) is 19.7 Å². The normalized spacial score (nSPS) is 10.8. The van der Waals surface area contributed by atoms with Gasteiger partial charge in [0.15, 0.2) is 0 Å². The first-order valence-electron chi connectivity index (χ1n) is 6.71. The van der Waals surface area contributed by atoms with Crippen LogP contribution in [0.3, 0.4) is 0 Å². The van der Waals surface area contributed by atoms with E-state index in [4.69, 9.17) is 0 Å². The molecule has 0 bridgehead atoms. The van der Waals surface area contributed by atoms with Crippen LogP contribution in [0.2, 0.25) is 0 Å². The quantitative estimate of drug-likeness (QED) is 0.463. The van der Waals surface area contributed by atoms with Crippen molar-refractivity contribution in [2.24, 2.45) is 0 Å². The summed E-state index contributed by atoms with van der Waals surface area (Å²) in [5, 5.41) is 0. The van der Waals surface area contributed by atoms with Gasteiger partial charge in [-0.1, -0.05) is 18.2 Å². The van der Waals surface area contributed by atoms with Crippen LogP contribution in [-0.2, 0) is 6.42 Å². The van der Waals surface area contributed by atoms with Gasteiger partial charge in [0.2, 0.25) is 0 Å². The summed E-state index contributed by atoms with van der Waals surface area (Å²) in [6.07, 6.45) is 0.948. The van der Waals surface area contributed by atoms with Gasteiger partial charge in [-0.05, 0) is 82.6 Å². The summed E-state index contributed by atoms with van der Waals surface area (Å²) < 4.78 is 14.2. The average molecular weight is 408 g/mol. The van der Waals surface area contributed by atoms with Gasteiger partial charge in [-0.3, -0.25) is 0 Å². The van der Waals surface area contributed by atoms with Gasteiger partial charge in [0.1, 0.15) is 5.82 Å². The maximum atomic E-state index is 13.0. The Labute approximate surface area is 141 Å². The van der Waals surface area contributed by atoms with Crippen molar-refractivity contribution in [3.8, 4) is 10.4 Å². The fourth-order valence-corrected chi connectivity index (χ4v) is 4.30. The van der Waals surface area contributed by atoms with Gasteiger partial charge in [-0.15, -0.1) is 11.3 Å².